The molecule has 0 fully saturated rings. The third-order valence-corrected chi connectivity index (χ3v) is 5.01. The first-order valence-electron chi connectivity index (χ1n) is 12.7. The van der Waals surface area contributed by atoms with Crippen LogP contribution in [0.25, 0.3) is 0 Å². The van der Waals surface area contributed by atoms with Gasteiger partial charge in [0.2, 0.25) is 0 Å². The molecule has 0 amide bonds. The third kappa shape index (κ3) is 15.7. The first-order valence-corrected chi connectivity index (χ1v) is 13.0. The molecule has 0 aliphatic carbocycles. The van der Waals surface area contributed by atoms with Gasteiger partial charge in [0.25, 0.3) is 0 Å². The lowest BCUT2D eigenvalue weighted by atomic mass is 10.2. The number of carbonyl (C=O) groups is 2. The van der Waals surface area contributed by atoms with Crippen LogP contribution in [0.4, 0.5) is 0 Å². The number of hydrogen-bond donors (Lipinski definition) is 0. The van der Waals surface area contributed by atoms with Gasteiger partial charge in [-0.3, -0.25) is 4.79 Å². The number of allylic oxidation sites excluding steroid dienone is 12. The van der Waals surface area contributed by atoms with Crippen molar-refractivity contribution in [3.05, 3.63) is 102 Å². The van der Waals surface area contributed by atoms with E-state index in [1.165, 1.54) is 12.1 Å². The van der Waals surface area contributed by atoms with Crippen LogP contribution >= 0.6 is 11.6 Å². The van der Waals surface area contributed by atoms with Crippen molar-refractivity contribution in [3.63, 3.8) is 0 Å². The minimum atomic E-state index is -0.570. The molecule has 1 aromatic carbocycles. The summed E-state index contributed by atoms with van der Waals surface area (Å²) in [6.07, 6.45) is 32.2. The average molecular weight is 511 g/mol. The van der Waals surface area contributed by atoms with Gasteiger partial charge in [0.15, 0.2) is 0 Å². The quantitative estimate of drug-likeness (QED) is 0.119. The molecule has 0 aromatic heterocycles. The van der Waals surface area contributed by atoms with E-state index in [1.807, 2.05) is 12.2 Å². The van der Waals surface area contributed by atoms with Gasteiger partial charge in [-0.2, -0.15) is 0 Å². The molecule has 0 bridgehead atoms. The SMILES string of the molecule is CC/C=C\C/C=C\C/C=C\C/C=C\C/C=C\C/C=C\CCC(=O)Oc1ccc(Cl)cc1C(=O)OCC. The lowest BCUT2D eigenvalue weighted by molar-refractivity contribution is -0.134. The van der Waals surface area contributed by atoms with E-state index in [1.54, 1.807) is 13.0 Å². The Morgan fingerprint density at radius 2 is 1.25 bits per heavy atom. The highest BCUT2D eigenvalue weighted by Gasteiger charge is 2.16. The Hall–Kier alpha value is -3.11. The molecule has 0 radical (unpaired) electrons. The lowest BCUT2D eigenvalue weighted by Crippen LogP contribution is -2.12. The van der Waals surface area contributed by atoms with Gasteiger partial charge in [-0.1, -0.05) is 91.4 Å². The summed E-state index contributed by atoms with van der Waals surface area (Å²) in [5.74, 6) is -0.826. The highest BCUT2D eigenvalue weighted by atomic mass is 35.5. The summed E-state index contributed by atoms with van der Waals surface area (Å²) in [7, 11) is 0. The summed E-state index contributed by atoms with van der Waals surface area (Å²) < 4.78 is 10.3. The molecule has 0 saturated carbocycles. The fourth-order valence-corrected chi connectivity index (χ4v) is 3.15. The van der Waals surface area contributed by atoms with Gasteiger partial charge < -0.3 is 9.47 Å². The van der Waals surface area contributed by atoms with Gasteiger partial charge in [-0.15, -0.1) is 0 Å². The zero-order valence-corrected chi connectivity index (χ0v) is 22.3. The summed E-state index contributed by atoms with van der Waals surface area (Å²) >= 11 is 5.95. The summed E-state index contributed by atoms with van der Waals surface area (Å²) in [6, 6.07) is 4.51. The number of carbonyl (C=O) groups excluding carboxylic acids is 2. The van der Waals surface area contributed by atoms with Crippen LogP contribution in [0.5, 0.6) is 5.75 Å². The molecule has 0 N–H and O–H groups in total. The topological polar surface area (TPSA) is 52.6 Å². The van der Waals surface area contributed by atoms with E-state index in [2.05, 4.69) is 67.7 Å². The Balaban J connectivity index is 2.19. The van der Waals surface area contributed by atoms with Crippen molar-refractivity contribution < 1.29 is 19.1 Å². The van der Waals surface area contributed by atoms with E-state index in [9.17, 15) is 9.59 Å². The number of ether oxygens (including phenoxy) is 2. The Bertz CT molecular complexity index is 951. The fourth-order valence-electron chi connectivity index (χ4n) is 2.97. The van der Waals surface area contributed by atoms with Gasteiger partial charge in [0, 0.05) is 11.4 Å². The molecular weight excluding hydrogens is 472 g/mol. The van der Waals surface area contributed by atoms with Crippen molar-refractivity contribution in [3.8, 4) is 5.75 Å². The van der Waals surface area contributed by atoms with E-state index in [4.69, 9.17) is 21.1 Å². The summed E-state index contributed by atoms with van der Waals surface area (Å²) in [4.78, 5) is 24.2. The molecule has 0 spiro atoms. The molecule has 1 rings (SSSR count). The predicted octanol–water partition coefficient (Wildman–Crippen LogP) is 8.90. The van der Waals surface area contributed by atoms with Crippen molar-refractivity contribution in [2.24, 2.45) is 0 Å². The van der Waals surface area contributed by atoms with Crippen LogP contribution in [0, 0.1) is 0 Å². The van der Waals surface area contributed by atoms with Gasteiger partial charge in [0.1, 0.15) is 11.3 Å². The number of rotatable bonds is 17. The van der Waals surface area contributed by atoms with Crippen LogP contribution in [-0.2, 0) is 9.53 Å². The number of benzene rings is 1. The van der Waals surface area contributed by atoms with Crippen LogP contribution in [0.15, 0.2) is 91.1 Å². The lowest BCUT2D eigenvalue weighted by Gasteiger charge is -2.09. The Labute approximate surface area is 221 Å². The van der Waals surface area contributed by atoms with Crippen LogP contribution in [0.1, 0.15) is 75.6 Å². The number of esters is 2. The van der Waals surface area contributed by atoms with Crippen molar-refractivity contribution in [2.45, 2.75) is 65.2 Å². The monoisotopic (exact) mass is 510 g/mol. The maximum atomic E-state index is 12.1. The molecule has 4 nitrogen and oxygen atoms in total. The summed E-state index contributed by atoms with van der Waals surface area (Å²) in [6.45, 7) is 4.08. The molecule has 0 aliphatic rings. The normalized spacial score (nSPS) is 12.3. The second-order valence-corrected chi connectivity index (χ2v) is 8.23. The number of halogens is 1. The molecule has 0 heterocycles. The third-order valence-electron chi connectivity index (χ3n) is 4.77. The smallest absolute Gasteiger partial charge is 0.341 e. The molecule has 194 valence electrons. The van der Waals surface area contributed by atoms with Gasteiger partial charge in [-0.05, 0) is 70.1 Å². The van der Waals surface area contributed by atoms with E-state index in [0.717, 1.165) is 38.5 Å². The van der Waals surface area contributed by atoms with E-state index in [-0.39, 0.29) is 24.3 Å². The second kappa shape index (κ2) is 21.2. The molecule has 0 unspecified atom stereocenters. The Morgan fingerprint density at radius 3 is 1.75 bits per heavy atom. The van der Waals surface area contributed by atoms with Crippen molar-refractivity contribution in [1.82, 2.24) is 0 Å². The Morgan fingerprint density at radius 1 is 0.750 bits per heavy atom. The van der Waals surface area contributed by atoms with Gasteiger partial charge >= 0.3 is 11.9 Å². The molecule has 5 heteroatoms. The van der Waals surface area contributed by atoms with E-state index in [0.29, 0.717) is 11.4 Å². The standard InChI is InChI=1S/C31H39ClO4/c1-3-5-6-7-8-9-10-11-12-13-14-15-16-17-18-19-20-21-22-23-30(33)36-29-25-24-27(32)26-28(29)31(34)35-4-2/h5-6,8-9,11-12,14-15,17-18,20-21,24-26H,3-4,7,10,13,16,19,22-23H2,1-2H3/b6-5-,9-8-,12-11-,15-14-,18-17-,21-20-. The maximum Gasteiger partial charge on any atom is 0.341 e. The predicted molar refractivity (Wildman–Crippen MR) is 150 cm³/mol. The molecule has 0 aliphatic heterocycles. The van der Waals surface area contributed by atoms with Gasteiger partial charge in [-0.25, -0.2) is 4.79 Å². The van der Waals surface area contributed by atoms with E-state index >= 15 is 0 Å². The molecule has 1 aromatic rings. The van der Waals surface area contributed by atoms with Crippen LogP contribution < -0.4 is 4.74 Å². The molecule has 36 heavy (non-hydrogen) atoms. The van der Waals surface area contributed by atoms with E-state index < -0.39 is 11.9 Å². The number of hydrogen-bond acceptors (Lipinski definition) is 4. The fraction of sp³-hybridized carbons (Fsp3) is 0.355. The van der Waals surface area contributed by atoms with Crippen molar-refractivity contribution in [1.29, 1.82) is 0 Å². The highest BCUT2D eigenvalue weighted by molar-refractivity contribution is 6.31. The first-order chi connectivity index (χ1) is 17.6. The average Bonchev–Trinajstić information content (AvgIpc) is 2.86. The Kier molecular flexibility index (Phi) is 18.2. The van der Waals surface area contributed by atoms with Crippen LogP contribution in [-0.4, -0.2) is 18.5 Å². The minimum Gasteiger partial charge on any atom is -0.462 e. The summed E-state index contributed by atoms with van der Waals surface area (Å²) in [5, 5.41) is 0.371. The van der Waals surface area contributed by atoms with Crippen molar-refractivity contribution >= 4 is 23.5 Å². The van der Waals surface area contributed by atoms with Gasteiger partial charge in [0.05, 0.1) is 6.61 Å². The molecule has 0 atom stereocenters. The molecular formula is C31H39ClO4. The largest absolute Gasteiger partial charge is 0.462 e. The first kappa shape index (κ1) is 30.9. The minimum absolute atomic E-state index is 0.145. The zero-order valence-electron chi connectivity index (χ0n) is 21.5. The van der Waals surface area contributed by atoms with Crippen molar-refractivity contribution in [2.75, 3.05) is 6.61 Å². The second-order valence-electron chi connectivity index (χ2n) is 7.79. The van der Waals surface area contributed by atoms with Crippen LogP contribution in [0.3, 0.4) is 0 Å². The maximum absolute atomic E-state index is 12.1. The highest BCUT2D eigenvalue weighted by Crippen LogP contribution is 2.24. The van der Waals surface area contributed by atoms with Crippen LogP contribution in [0.2, 0.25) is 5.02 Å². The summed E-state index contributed by atoms with van der Waals surface area (Å²) in [5.41, 5.74) is 0.145. The molecule has 0 saturated heterocycles. The zero-order chi connectivity index (χ0) is 26.3.